The van der Waals surface area contributed by atoms with Crippen LogP contribution in [-0.2, 0) is 11.3 Å². The highest BCUT2D eigenvalue weighted by atomic mass is 16.6. The first-order chi connectivity index (χ1) is 11.4. The molecule has 1 fully saturated rings. The van der Waals surface area contributed by atoms with E-state index in [-0.39, 0.29) is 6.09 Å². The zero-order valence-electron chi connectivity index (χ0n) is 14.8. The molecule has 5 nitrogen and oxygen atoms in total. The van der Waals surface area contributed by atoms with E-state index in [4.69, 9.17) is 10.00 Å². The van der Waals surface area contributed by atoms with Crippen molar-refractivity contribution in [3.63, 3.8) is 0 Å². The molecule has 0 saturated heterocycles. The largest absolute Gasteiger partial charge is 0.444 e. The zero-order chi connectivity index (χ0) is 17.6. The maximum atomic E-state index is 11.8. The van der Waals surface area contributed by atoms with Crippen molar-refractivity contribution in [2.24, 2.45) is 5.92 Å². The van der Waals surface area contributed by atoms with Crippen LogP contribution in [0.1, 0.15) is 51.2 Å². The fraction of sp³-hybridized carbons (Fsp3) is 0.579. The second-order valence-corrected chi connectivity index (χ2v) is 7.37. The Bertz CT molecular complexity index is 584. The molecule has 0 bridgehead atoms. The van der Waals surface area contributed by atoms with Gasteiger partial charge in [-0.1, -0.05) is 18.6 Å². The van der Waals surface area contributed by atoms with E-state index in [0.717, 1.165) is 19.4 Å². The second kappa shape index (κ2) is 8.16. The van der Waals surface area contributed by atoms with E-state index in [1.165, 1.54) is 12.0 Å². The quantitative estimate of drug-likeness (QED) is 0.869. The third-order valence-electron chi connectivity index (χ3n) is 4.22. The fourth-order valence-electron chi connectivity index (χ4n) is 3.02. The average Bonchev–Trinajstić information content (AvgIpc) is 2.97. The SMILES string of the molecule is CC(C)(C)OC(=O)NCC1CCCC1NCc1ccc(C#N)cc1. The van der Waals surface area contributed by atoms with Gasteiger partial charge in [0.2, 0.25) is 0 Å². The van der Waals surface area contributed by atoms with Crippen molar-refractivity contribution in [3.05, 3.63) is 35.4 Å². The summed E-state index contributed by atoms with van der Waals surface area (Å²) in [5.41, 5.74) is 1.38. The minimum atomic E-state index is -0.465. The fourth-order valence-corrected chi connectivity index (χ4v) is 3.02. The van der Waals surface area contributed by atoms with Crippen LogP contribution in [-0.4, -0.2) is 24.3 Å². The number of hydrogen-bond donors (Lipinski definition) is 2. The molecule has 2 unspecified atom stereocenters. The number of carbonyl (C=O) groups is 1. The number of carbonyl (C=O) groups excluding carboxylic acids is 1. The molecule has 130 valence electrons. The van der Waals surface area contributed by atoms with Crippen LogP contribution in [0.4, 0.5) is 4.79 Å². The Hall–Kier alpha value is -2.06. The van der Waals surface area contributed by atoms with E-state index >= 15 is 0 Å². The van der Waals surface area contributed by atoms with Gasteiger partial charge < -0.3 is 15.4 Å². The number of benzene rings is 1. The number of nitrogens with zero attached hydrogens (tertiary/aromatic N) is 1. The van der Waals surface area contributed by atoms with Gasteiger partial charge >= 0.3 is 6.09 Å². The van der Waals surface area contributed by atoms with Gasteiger partial charge in [0.25, 0.3) is 0 Å². The van der Waals surface area contributed by atoms with Crippen molar-refractivity contribution < 1.29 is 9.53 Å². The highest BCUT2D eigenvalue weighted by Crippen LogP contribution is 2.25. The summed E-state index contributed by atoms with van der Waals surface area (Å²) in [6.07, 6.45) is 3.06. The molecule has 5 heteroatoms. The molecule has 0 aliphatic heterocycles. The van der Waals surface area contributed by atoms with Gasteiger partial charge in [-0.3, -0.25) is 0 Å². The molecule has 1 aliphatic rings. The molecule has 0 spiro atoms. The molecule has 1 saturated carbocycles. The lowest BCUT2D eigenvalue weighted by Gasteiger charge is -2.23. The molecule has 1 amide bonds. The van der Waals surface area contributed by atoms with Crippen LogP contribution in [0.5, 0.6) is 0 Å². The van der Waals surface area contributed by atoms with E-state index in [2.05, 4.69) is 16.7 Å². The van der Waals surface area contributed by atoms with Gasteiger partial charge in [-0.25, -0.2) is 4.79 Å². The van der Waals surface area contributed by atoms with E-state index in [1.807, 2.05) is 45.0 Å². The normalized spacial score (nSPS) is 20.4. The first-order valence-corrected chi connectivity index (χ1v) is 8.56. The molecule has 1 aromatic carbocycles. The third kappa shape index (κ3) is 5.86. The number of ether oxygens (including phenoxy) is 1. The van der Waals surface area contributed by atoms with Crippen LogP contribution in [0, 0.1) is 17.2 Å². The summed E-state index contributed by atoms with van der Waals surface area (Å²) in [5.74, 6) is 0.427. The van der Waals surface area contributed by atoms with Crippen molar-refractivity contribution in [2.45, 2.75) is 58.2 Å². The van der Waals surface area contributed by atoms with E-state index in [9.17, 15) is 4.79 Å². The summed E-state index contributed by atoms with van der Waals surface area (Å²) in [7, 11) is 0. The average molecular weight is 329 g/mol. The number of nitrogens with one attached hydrogen (secondary N) is 2. The summed E-state index contributed by atoms with van der Waals surface area (Å²) in [6.45, 7) is 7.01. The predicted molar refractivity (Wildman–Crippen MR) is 93.4 cm³/mol. The van der Waals surface area contributed by atoms with Crippen LogP contribution >= 0.6 is 0 Å². The topological polar surface area (TPSA) is 74.2 Å². The minimum absolute atomic E-state index is 0.347. The first kappa shape index (κ1) is 18.3. The van der Waals surface area contributed by atoms with Crippen molar-refractivity contribution >= 4 is 6.09 Å². The van der Waals surface area contributed by atoms with Gasteiger partial charge in [-0.05, 0) is 57.2 Å². The van der Waals surface area contributed by atoms with Crippen LogP contribution in [0.25, 0.3) is 0 Å². The summed E-state index contributed by atoms with van der Waals surface area (Å²) in [5, 5.41) is 15.3. The summed E-state index contributed by atoms with van der Waals surface area (Å²) in [6, 6.07) is 10.2. The van der Waals surface area contributed by atoms with Gasteiger partial charge in [0, 0.05) is 19.1 Å². The number of nitriles is 1. The molecule has 2 rings (SSSR count). The number of amides is 1. The lowest BCUT2D eigenvalue weighted by Crippen LogP contribution is -2.40. The Kier molecular flexibility index (Phi) is 6.22. The van der Waals surface area contributed by atoms with Gasteiger partial charge in [-0.15, -0.1) is 0 Å². The van der Waals surface area contributed by atoms with Crippen LogP contribution in [0.2, 0.25) is 0 Å². The molecule has 24 heavy (non-hydrogen) atoms. The molecule has 1 aromatic rings. The summed E-state index contributed by atoms with van der Waals surface area (Å²) >= 11 is 0. The highest BCUT2D eigenvalue weighted by molar-refractivity contribution is 5.67. The van der Waals surface area contributed by atoms with Crippen LogP contribution in [0.15, 0.2) is 24.3 Å². The van der Waals surface area contributed by atoms with Crippen molar-refractivity contribution in [2.75, 3.05) is 6.54 Å². The first-order valence-electron chi connectivity index (χ1n) is 8.56. The molecule has 2 N–H and O–H groups in total. The lowest BCUT2D eigenvalue weighted by atomic mass is 10.0. The lowest BCUT2D eigenvalue weighted by molar-refractivity contribution is 0.0517. The van der Waals surface area contributed by atoms with Gasteiger partial charge in [0.15, 0.2) is 0 Å². The van der Waals surface area contributed by atoms with Crippen LogP contribution < -0.4 is 10.6 Å². The zero-order valence-corrected chi connectivity index (χ0v) is 14.8. The van der Waals surface area contributed by atoms with Crippen LogP contribution in [0.3, 0.4) is 0 Å². The Labute approximate surface area is 144 Å². The predicted octanol–water partition coefficient (Wildman–Crippen LogP) is 3.34. The standard InChI is InChI=1S/C19H27N3O2/c1-19(2,3)24-18(23)22-13-16-5-4-6-17(16)21-12-15-9-7-14(11-20)8-10-15/h7-10,16-17,21H,4-6,12-13H2,1-3H3,(H,22,23). The smallest absolute Gasteiger partial charge is 0.407 e. The van der Waals surface area contributed by atoms with Crippen molar-refractivity contribution in [1.29, 1.82) is 5.26 Å². The molecule has 0 heterocycles. The molecular formula is C19H27N3O2. The summed E-state index contributed by atoms with van der Waals surface area (Å²) < 4.78 is 5.29. The molecule has 0 aromatic heterocycles. The maximum absolute atomic E-state index is 11.8. The highest BCUT2D eigenvalue weighted by Gasteiger charge is 2.27. The molecule has 0 radical (unpaired) electrons. The van der Waals surface area contributed by atoms with E-state index in [0.29, 0.717) is 24.1 Å². The Morgan fingerprint density at radius 2 is 2.00 bits per heavy atom. The molecule has 2 atom stereocenters. The number of rotatable bonds is 5. The number of hydrogen-bond acceptors (Lipinski definition) is 4. The monoisotopic (exact) mass is 329 g/mol. The summed E-state index contributed by atoms with van der Waals surface area (Å²) in [4.78, 5) is 11.8. The van der Waals surface area contributed by atoms with E-state index < -0.39 is 5.60 Å². The molecule has 1 aliphatic carbocycles. The Morgan fingerprint density at radius 1 is 1.29 bits per heavy atom. The van der Waals surface area contributed by atoms with Gasteiger partial charge in [0.05, 0.1) is 11.6 Å². The Morgan fingerprint density at radius 3 is 2.62 bits per heavy atom. The van der Waals surface area contributed by atoms with Gasteiger partial charge in [0.1, 0.15) is 5.60 Å². The molecular weight excluding hydrogens is 302 g/mol. The number of alkyl carbamates (subject to hydrolysis) is 1. The minimum Gasteiger partial charge on any atom is -0.444 e. The van der Waals surface area contributed by atoms with Gasteiger partial charge in [-0.2, -0.15) is 5.26 Å². The van der Waals surface area contributed by atoms with Crippen molar-refractivity contribution in [1.82, 2.24) is 10.6 Å². The maximum Gasteiger partial charge on any atom is 0.407 e. The second-order valence-electron chi connectivity index (χ2n) is 7.37. The van der Waals surface area contributed by atoms with E-state index in [1.54, 1.807) is 0 Å². The van der Waals surface area contributed by atoms with Crippen molar-refractivity contribution in [3.8, 4) is 6.07 Å². The Balaban J connectivity index is 1.78. The third-order valence-corrected chi connectivity index (χ3v) is 4.22.